The van der Waals surface area contributed by atoms with Gasteiger partial charge in [0.15, 0.2) is 0 Å². The van der Waals surface area contributed by atoms with Crippen molar-refractivity contribution in [1.82, 2.24) is 5.32 Å². The number of hydrogen-bond donors (Lipinski definition) is 1. The van der Waals surface area contributed by atoms with Gasteiger partial charge in [-0.05, 0) is 49.5 Å². The van der Waals surface area contributed by atoms with Crippen LogP contribution in [0.4, 0.5) is 0 Å². The first-order chi connectivity index (χ1) is 6.75. The largest absolute Gasteiger partial charge is 0.310 e. The summed E-state index contributed by atoms with van der Waals surface area (Å²) in [5, 5.41) is 3.72. The lowest BCUT2D eigenvalue weighted by Gasteiger charge is -2.21. The van der Waals surface area contributed by atoms with Gasteiger partial charge in [-0.1, -0.05) is 25.5 Å². The fourth-order valence-corrected chi connectivity index (χ4v) is 3.79. The van der Waals surface area contributed by atoms with Crippen molar-refractivity contribution >= 4 is 0 Å². The van der Waals surface area contributed by atoms with E-state index in [1.54, 1.807) is 5.57 Å². The van der Waals surface area contributed by atoms with Gasteiger partial charge in [0.25, 0.3) is 0 Å². The van der Waals surface area contributed by atoms with Crippen LogP contribution >= 0.6 is 0 Å². The Morgan fingerprint density at radius 2 is 2.29 bits per heavy atom. The van der Waals surface area contributed by atoms with Crippen LogP contribution in [0.5, 0.6) is 0 Å². The summed E-state index contributed by atoms with van der Waals surface area (Å²) in [4.78, 5) is 0. The molecule has 4 atom stereocenters. The van der Waals surface area contributed by atoms with Gasteiger partial charge in [-0.25, -0.2) is 0 Å². The summed E-state index contributed by atoms with van der Waals surface area (Å²) in [6.45, 7) is 5.93. The van der Waals surface area contributed by atoms with Crippen LogP contribution in [0.15, 0.2) is 11.6 Å². The van der Waals surface area contributed by atoms with Crippen molar-refractivity contribution in [3.63, 3.8) is 0 Å². The average molecular weight is 191 g/mol. The Balaban J connectivity index is 1.79. The summed E-state index contributed by atoms with van der Waals surface area (Å²) in [7, 11) is 0. The third-order valence-electron chi connectivity index (χ3n) is 4.43. The number of fused-ring (bicyclic) bond motifs is 1. The Morgan fingerprint density at radius 3 is 3.07 bits per heavy atom. The van der Waals surface area contributed by atoms with Gasteiger partial charge in [-0.15, -0.1) is 0 Å². The minimum atomic E-state index is 0.789. The summed E-state index contributed by atoms with van der Waals surface area (Å²) in [6.07, 6.45) is 6.81. The first kappa shape index (κ1) is 8.96. The number of rotatable bonds is 2. The molecule has 1 aliphatic heterocycles. The van der Waals surface area contributed by atoms with Crippen molar-refractivity contribution < 1.29 is 0 Å². The monoisotopic (exact) mass is 191 g/mol. The van der Waals surface area contributed by atoms with Crippen LogP contribution < -0.4 is 5.32 Å². The Bertz CT molecular complexity index is 264. The van der Waals surface area contributed by atoms with E-state index in [1.165, 1.54) is 25.8 Å². The fraction of sp³-hybridized carbons (Fsp3) is 0.846. The standard InChI is InChI=1S/C13H21N/c1-8(2)3-4-11-9-5-10-7-14-13(11)12(10)6-9/h4,8-10,12-14H,3,5-7H2,1-2H3/b11-4-. The van der Waals surface area contributed by atoms with Crippen LogP contribution in [-0.4, -0.2) is 12.6 Å². The second kappa shape index (κ2) is 3.10. The van der Waals surface area contributed by atoms with Crippen molar-refractivity contribution in [2.75, 3.05) is 6.54 Å². The van der Waals surface area contributed by atoms with E-state index in [-0.39, 0.29) is 0 Å². The third kappa shape index (κ3) is 1.18. The lowest BCUT2D eigenvalue weighted by Crippen LogP contribution is -2.26. The number of hydrogen-bond acceptors (Lipinski definition) is 1. The molecule has 3 rings (SSSR count). The van der Waals surface area contributed by atoms with E-state index in [0.29, 0.717) is 0 Å². The van der Waals surface area contributed by atoms with Gasteiger partial charge < -0.3 is 5.32 Å². The van der Waals surface area contributed by atoms with E-state index in [0.717, 1.165) is 29.7 Å². The topological polar surface area (TPSA) is 12.0 Å². The SMILES string of the molecule is CC(C)C/C=C1/C2CC3CNC1C3C2. The van der Waals surface area contributed by atoms with Crippen molar-refractivity contribution in [3.8, 4) is 0 Å². The van der Waals surface area contributed by atoms with Crippen LogP contribution in [0, 0.1) is 23.7 Å². The molecule has 0 spiro atoms. The second-order valence-electron chi connectivity index (χ2n) is 5.81. The van der Waals surface area contributed by atoms with Gasteiger partial charge in [0.05, 0.1) is 0 Å². The van der Waals surface area contributed by atoms with Crippen molar-refractivity contribution in [3.05, 3.63) is 11.6 Å². The van der Waals surface area contributed by atoms with Gasteiger partial charge in [0.1, 0.15) is 0 Å². The molecule has 14 heavy (non-hydrogen) atoms. The summed E-state index contributed by atoms with van der Waals surface area (Å²) in [5.74, 6) is 3.82. The third-order valence-corrected chi connectivity index (χ3v) is 4.43. The zero-order valence-corrected chi connectivity index (χ0v) is 9.29. The molecule has 2 aliphatic carbocycles. The van der Waals surface area contributed by atoms with Gasteiger partial charge in [0.2, 0.25) is 0 Å². The molecule has 3 fully saturated rings. The molecule has 0 aromatic carbocycles. The Kier molecular flexibility index (Phi) is 1.98. The molecule has 0 amide bonds. The molecule has 2 bridgehead atoms. The van der Waals surface area contributed by atoms with Gasteiger partial charge in [-0.3, -0.25) is 0 Å². The molecule has 0 radical (unpaired) electrons. The van der Waals surface area contributed by atoms with Crippen LogP contribution in [0.1, 0.15) is 33.1 Å². The molecular weight excluding hydrogens is 170 g/mol. The van der Waals surface area contributed by atoms with E-state index >= 15 is 0 Å². The molecule has 4 unspecified atom stereocenters. The first-order valence-corrected chi connectivity index (χ1v) is 6.19. The Labute approximate surface area is 87.0 Å². The molecule has 3 aliphatic rings. The maximum Gasteiger partial charge on any atom is 0.0314 e. The molecule has 1 nitrogen and oxygen atoms in total. The number of nitrogens with one attached hydrogen (secondary N) is 1. The lowest BCUT2D eigenvalue weighted by molar-refractivity contribution is 0.438. The summed E-state index contributed by atoms with van der Waals surface area (Å²) in [6, 6.07) is 0.789. The van der Waals surface area contributed by atoms with Gasteiger partial charge in [-0.2, -0.15) is 0 Å². The molecule has 0 aromatic heterocycles. The van der Waals surface area contributed by atoms with Crippen LogP contribution in [0.2, 0.25) is 0 Å². The highest BCUT2D eigenvalue weighted by molar-refractivity contribution is 5.29. The maximum absolute atomic E-state index is 3.72. The van der Waals surface area contributed by atoms with Gasteiger partial charge in [0, 0.05) is 6.04 Å². The van der Waals surface area contributed by atoms with Crippen LogP contribution in [-0.2, 0) is 0 Å². The summed E-state index contributed by atoms with van der Waals surface area (Å²) < 4.78 is 0. The van der Waals surface area contributed by atoms with E-state index in [1.807, 2.05) is 0 Å². The molecular formula is C13H21N. The highest BCUT2D eigenvalue weighted by Crippen LogP contribution is 2.54. The lowest BCUT2D eigenvalue weighted by atomic mass is 9.85. The fourth-order valence-electron chi connectivity index (χ4n) is 3.79. The number of allylic oxidation sites excluding steroid dienone is 1. The molecule has 1 N–H and O–H groups in total. The zero-order valence-electron chi connectivity index (χ0n) is 9.29. The smallest absolute Gasteiger partial charge is 0.0314 e. The summed E-state index contributed by atoms with van der Waals surface area (Å²) >= 11 is 0. The van der Waals surface area contributed by atoms with E-state index in [9.17, 15) is 0 Å². The van der Waals surface area contributed by atoms with Crippen molar-refractivity contribution in [2.45, 2.75) is 39.2 Å². The van der Waals surface area contributed by atoms with Crippen LogP contribution in [0.3, 0.4) is 0 Å². The predicted octanol–water partition coefficient (Wildman–Crippen LogP) is 2.59. The van der Waals surface area contributed by atoms with Crippen LogP contribution in [0.25, 0.3) is 0 Å². The molecule has 2 saturated carbocycles. The van der Waals surface area contributed by atoms with E-state index in [2.05, 4.69) is 25.2 Å². The minimum absolute atomic E-state index is 0.789. The van der Waals surface area contributed by atoms with E-state index in [4.69, 9.17) is 0 Å². The molecule has 1 heterocycles. The normalized spacial score (nSPS) is 47.2. The van der Waals surface area contributed by atoms with Gasteiger partial charge >= 0.3 is 0 Å². The highest BCUT2D eigenvalue weighted by Gasteiger charge is 2.52. The Hall–Kier alpha value is -0.300. The van der Waals surface area contributed by atoms with Crippen molar-refractivity contribution in [1.29, 1.82) is 0 Å². The minimum Gasteiger partial charge on any atom is -0.310 e. The molecule has 78 valence electrons. The average Bonchev–Trinajstić information content (AvgIpc) is 2.70. The molecule has 1 heteroatoms. The second-order valence-corrected chi connectivity index (χ2v) is 5.81. The molecule has 0 aromatic rings. The Morgan fingerprint density at radius 1 is 1.43 bits per heavy atom. The maximum atomic E-state index is 3.72. The first-order valence-electron chi connectivity index (χ1n) is 6.19. The van der Waals surface area contributed by atoms with E-state index < -0.39 is 0 Å². The molecule has 1 saturated heterocycles. The van der Waals surface area contributed by atoms with Crippen molar-refractivity contribution in [2.24, 2.45) is 23.7 Å². The zero-order chi connectivity index (χ0) is 9.71. The highest BCUT2D eigenvalue weighted by atomic mass is 15.0. The summed E-state index contributed by atoms with van der Waals surface area (Å²) in [5.41, 5.74) is 1.78. The quantitative estimate of drug-likeness (QED) is 0.662. The predicted molar refractivity (Wildman–Crippen MR) is 59.0 cm³/mol.